The number of carbonyl (C=O) groups is 2. The van der Waals surface area contributed by atoms with Crippen LogP contribution in [0.5, 0.6) is 0 Å². The van der Waals surface area contributed by atoms with Crippen molar-refractivity contribution in [2.75, 3.05) is 0 Å². The molecule has 1 aliphatic rings. The molecule has 1 unspecified atom stereocenters. The summed E-state index contributed by atoms with van der Waals surface area (Å²) >= 11 is 0. The van der Waals surface area contributed by atoms with E-state index >= 15 is 0 Å². The van der Waals surface area contributed by atoms with E-state index in [9.17, 15) is 14.0 Å². The van der Waals surface area contributed by atoms with Gasteiger partial charge in [0.25, 0.3) is 11.7 Å². The van der Waals surface area contributed by atoms with Gasteiger partial charge in [-0.25, -0.2) is 4.39 Å². The van der Waals surface area contributed by atoms with Gasteiger partial charge >= 0.3 is 0 Å². The van der Waals surface area contributed by atoms with Gasteiger partial charge in [-0.1, -0.05) is 13.3 Å². The van der Waals surface area contributed by atoms with Crippen LogP contribution in [0.1, 0.15) is 32.6 Å². The van der Waals surface area contributed by atoms with Crippen molar-refractivity contribution in [2.45, 2.75) is 44.4 Å². The van der Waals surface area contributed by atoms with Crippen LogP contribution in [0.3, 0.4) is 0 Å². The number of rotatable bonds is 5. The number of amides is 1. The van der Waals surface area contributed by atoms with Crippen LogP contribution in [0.4, 0.5) is 4.39 Å². The molecule has 0 spiro atoms. The largest absolute Gasteiger partial charge is 0.347 e. The number of ketones is 1. The van der Waals surface area contributed by atoms with Crippen molar-refractivity contribution in [2.24, 2.45) is 5.73 Å². The Hall–Kier alpha value is -0.970. The lowest BCUT2D eigenvalue weighted by Crippen LogP contribution is -2.51. The summed E-state index contributed by atoms with van der Waals surface area (Å²) in [6.07, 6.45) is 2.02. The van der Waals surface area contributed by atoms with E-state index in [0.717, 1.165) is 12.8 Å². The highest BCUT2D eigenvalue weighted by molar-refractivity contribution is 6.39. The summed E-state index contributed by atoms with van der Waals surface area (Å²) in [6, 6.07) is 0.0453. The van der Waals surface area contributed by atoms with Gasteiger partial charge in [-0.05, 0) is 12.8 Å². The predicted molar refractivity (Wildman–Crippen MR) is 49.1 cm³/mol. The molecule has 0 heterocycles. The fourth-order valence-electron chi connectivity index (χ4n) is 1.14. The van der Waals surface area contributed by atoms with E-state index in [1.54, 1.807) is 6.92 Å². The number of alkyl halides is 1. The summed E-state index contributed by atoms with van der Waals surface area (Å²) in [4.78, 5) is 22.3. The summed E-state index contributed by atoms with van der Waals surface area (Å²) < 4.78 is 13.4. The molecule has 0 aromatic carbocycles. The monoisotopic (exact) mass is 202 g/mol. The van der Waals surface area contributed by atoms with Crippen LogP contribution in [0, 0.1) is 0 Å². The molecule has 14 heavy (non-hydrogen) atoms. The normalized spacial score (nSPS) is 19.9. The van der Waals surface area contributed by atoms with Crippen LogP contribution in [-0.2, 0) is 9.59 Å². The van der Waals surface area contributed by atoms with E-state index < -0.39 is 17.5 Å². The second-order valence-corrected chi connectivity index (χ2v) is 3.69. The van der Waals surface area contributed by atoms with E-state index in [1.165, 1.54) is 0 Å². The number of nitrogens with two attached hydrogens (primary N) is 1. The summed E-state index contributed by atoms with van der Waals surface area (Å²) in [5.41, 5.74) is 5.09. The van der Waals surface area contributed by atoms with Crippen LogP contribution < -0.4 is 11.1 Å². The highest BCUT2D eigenvalue weighted by atomic mass is 19.1. The van der Waals surface area contributed by atoms with E-state index in [2.05, 4.69) is 5.32 Å². The number of hydrogen-bond donors (Lipinski definition) is 2. The number of halogens is 1. The van der Waals surface area contributed by atoms with Crippen molar-refractivity contribution in [1.82, 2.24) is 5.32 Å². The zero-order valence-electron chi connectivity index (χ0n) is 8.18. The van der Waals surface area contributed by atoms with Crippen molar-refractivity contribution < 1.29 is 14.0 Å². The molecule has 0 saturated heterocycles. The van der Waals surface area contributed by atoms with E-state index in [-0.39, 0.29) is 12.5 Å². The van der Waals surface area contributed by atoms with Crippen LogP contribution in [0.25, 0.3) is 0 Å². The quantitative estimate of drug-likeness (QED) is 0.496. The minimum absolute atomic E-state index is 0.0453. The molecular weight excluding hydrogens is 187 g/mol. The average Bonchev–Trinajstić information content (AvgIpc) is 2.86. The van der Waals surface area contributed by atoms with Gasteiger partial charge in [0.2, 0.25) is 5.79 Å². The Labute approximate surface area is 82.0 Å². The number of hydrogen-bond acceptors (Lipinski definition) is 3. The molecule has 0 bridgehead atoms. The van der Waals surface area contributed by atoms with Gasteiger partial charge in [0.05, 0.1) is 0 Å². The minimum atomic E-state index is -2.51. The minimum Gasteiger partial charge on any atom is -0.347 e. The molecule has 1 fully saturated rings. The molecule has 0 aromatic heterocycles. The third-order valence-corrected chi connectivity index (χ3v) is 2.11. The van der Waals surface area contributed by atoms with Crippen molar-refractivity contribution in [3.8, 4) is 0 Å². The van der Waals surface area contributed by atoms with Gasteiger partial charge in [-0.2, -0.15) is 0 Å². The molecule has 5 heteroatoms. The van der Waals surface area contributed by atoms with Gasteiger partial charge in [-0.3, -0.25) is 15.3 Å². The third-order valence-electron chi connectivity index (χ3n) is 2.11. The first-order chi connectivity index (χ1) is 6.47. The first kappa shape index (κ1) is 11.1. The van der Waals surface area contributed by atoms with Crippen molar-refractivity contribution in [3.63, 3.8) is 0 Å². The average molecular weight is 202 g/mol. The topological polar surface area (TPSA) is 72.2 Å². The fraction of sp³-hybridized carbons (Fsp3) is 0.778. The number of nitrogens with one attached hydrogen (secondary N) is 1. The molecule has 3 N–H and O–H groups in total. The molecule has 1 rings (SSSR count). The molecule has 0 aliphatic heterocycles. The van der Waals surface area contributed by atoms with Gasteiger partial charge in [0.1, 0.15) is 0 Å². The lowest BCUT2D eigenvalue weighted by molar-refractivity contribution is -0.145. The summed E-state index contributed by atoms with van der Waals surface area (Å²) in [5.74, 6) is -4.56. The summed E-state index contributed by atoms with van der Waals surface area (Å²) in [7, 11) is 0. The third kappa shape index (κ3) is 2.77. The SMILES string of the molecule is CCCC(N)(F)C(=O)C(=O)NC1CC1. The van der Waals surface area contributed by atoms with Crippen LogP contribution >= 0.6 is 0 Å². The fourth-order valence-corrected chi connectivity index (χ4v) is 1.14. The molecular formula is C9H15FN2O2. The second-order valence-electron chi connectivity index (χ2n) is 3.69. The van der Waals surface area contributed by atoms with Crippen LogP contribution in [0.2, 0.25) is 0 Å². The molecule has 4 nitrogen and oxygen atoms in total. The highest BCUT2D eigenvalue weighted by Gasteiger charge is 2.39. The van der Waals surface area contributed by atoms with Crippen LogP contribution in [-0.4, -0.2) is 23.5 Å². The Balaban J connectivity index is 2.48. The lowest BCUT2D eigenvalue weighted by atomic mass is 10.1. The Bertz CT molecular complexity index is 249. The van der Waals surface area contributed by atoms with E-state index in [1.807, 2.05) is 0 Å². The Morgan fingerprint density at radius 1 is 1.57 bits per heavy atom. The van der Waals surface area contributed by atoms with Crippen molar-refractivity contribution in [1.29, 1.82) is 0 Å². The second kappa shape index (κ2) is 4.04. The van der Waals surface area contributed by atoms with E-state index in [4.69, 9.17) is 5.73 Å². The summed E-state index contributed by atoms with van der Waals surface area (Å²) in [6.45, 7) is 1.70. The maximum absolute atomic E-state index is 13.4. The zero-order valence-corrected chi connectivity index (χ0v) is 8.18. The Kier molecular flexibility index (Phi) is 3.21. The maximum Gasteiger partial charge on any atom is 0.292 e. The van der Waals surface area contributed by atoms with Gasteiger partial charge in [0, 0.05) is 12.5 Å². The van der Waals surface area contributed by atoms with Gasteiger partial charge < -0.3 is 5.32 Å². The zero-order chi connectivity index (χ0) is 10.8. The Morgan fingerprint density at radius 2 is 2.14 bits per heavy atom. The van der Waals surface area contributed by atoms with Gasteiger partial charge in [0.15, 0.2) is 0 Å². The molecule has 1 amide bonds. The summed E-state index contributed by atoms with van der Waals surface area (Å²) in [5, 5.41) is 2.41. The number of Topliss-reactive ketones (excluding diaryl/α,β-unsaturated/α-hetero) is 1. The van der Waals surface area contributed by atoms with Crippen molar-refractivity contribution in [3.05, 3.63) is 0 Å². The molecule has 0 radical (unpaired) electrons. The van der Waals surface area contributed by atoms with Gasteiger partial charge in [-0.15, -0.1) is 0 Å². The van der Waals surface area contributed by atoms with Crippen LogP contribution in [0.15, 0.2) is 0 Å². The first-order valence-corrected chi connectivity index (χ1v) is 4.80. The van der Waals surface area contributed by atoms with Crippen molar-refractivity contribution >= 4 is 11.7 Å². The lowest BCUT2D eigenvalue weighted by Gasteiger charge is -2.16. The first-order valence-electron chi connectivity index (χ1n) is 4.80. The number of carbonyl (C=O) groups excluding carboxylic acids is 2. The standard InChI is InChI=1S/C9H15FN2O2/c1-2-5-9(10,11)7(13)8(14)12-6-3-4-6/h6H,2-5,11H2,1H3,(H,12,14). The predicted octanol–water partition coefficient (Wildman–Crippen LogP) is 0.259. The highest BCUT2D eigenvalue weighted by Crippen LogP contribution is 2.19. The smallest absolute Gasteiger partial charge is 0.292 e. The molecule has 1 atom stereocenters. The molecule has 0 aromatic rings. The molecule has 1 saturated carbocycles. The van der Waals surface area contributed by atoms with E-state index in [0.29, 0.717) is 6.42 Å². The molecule has 80 valence electrons. The molecule has 1 aliphatic carbocycles. The Morgan fingerprint density at radius 3 is 2.57 bits per heavy atom. The maximum atomic E-state index is 13.4.